The van der Waals surface area contributed by atoms with Gasteiger partial charge in [0.2, 0.25) is 0 Å². The van der Waals surface area contributed by atoms with Gasteiger partial charge in [0.05, 0.1) is 18.2 Å². The van der Waals surface area contributed by atoms with Gasteiger partial charge in [0, 0.05) is 31.3 Å². The average Bonchev–Trinajstić information content (AvgIpc) is 2.75. The third-order valence-corrected chi connectivity index (χ3v) is 4.13. The minimum atomic E-state index is -1.18. The van der Waals surface area contributed by atoms with Crippen LogP contribution >= 0.6 is 0 Å². The third-order valence-electron chi connectivity index (χ3n) is 4.13. The molecule has 0 amide bonds. The number of fused-ring (bicyclic) bond motifs is 2. The summed E-state index contributed by atoms with van der Waals surface area (Å²) >= 11 is 0. The number of benzene rings is 1. The summed E-state index contributed by atoms with van der Waals surface area (Å²) in [5.74, 6) is -2.97. The minimum Gasteiger partial charge on any atom is -0.372 e. The summed E-state index contributed by atoms with van der Waals surface area (Å²) in [6.45, 7) is 1.45. The second-order valence-corrected chi connectivity index (χ2v) is 5.45. The van der Waals surface area contributed by atoms with E-state index in [1.807, 2.05) is 4.90 Å². The number of nitrogens with two attached hydrogens (primary N) is 1. The zero-order valence-corrected chi connectivity index (χ0v) is 11.0. The second kappa shape index (κ2) is 5.35. The minimum absolute atomic E-state index is 0.118. The Morgan fingerprint density at radius 1 is 1.10 bits per heavy atom. The first kappa shape index (κ1) is 13.9. The molecule has 0 radical (unpaired) electrons. The van der Waals surface area contributed by atoms with E-state index in [9.17, 15) is 13.2 Å². The maximum atomic E-state index is 13.9. The van der Waals surface area contributed by atoms with Crippen LogP contribution in [-0.2, 0) is 4.74 Å². The van der Waals surface area contributed by atoms with Gasteiger partial charge in [-0.2, -0.15) is 0 Å². The van der Waals surface area contributed by atoms with Crippen molar-refractivity contribution in [3.8, 4) is 0 Å². The molecule has 1 aromatic carbocycles. The molecule has 2 fully saturated rings. The fourth-order valence-electron chi connectivity index (χ4n) is 3.17. The van der Waals surface area contributed by atoms with Crippen molar-refractivity contribution in [2.45, 2.75) is 31.1 Å². The normalized spacial score (nSPS) is 27.8. The van der Waals surface area contributed by atoms with E-state index in [-0.39, 0.29) is 24.3 Å². The van der Waals surface area contributed by atoms with Gasteiger partial charge in [0.15, 0.2) is 11.6 Å². The molecule has 2 saturated heterocycles. The van der Waals surface area contributed by atoms with E-state index >= 15 is 0 Å². The molecular formula is C14H17F3N2O. The summed E-state index contributed by atoms with van der Waals surface area (Å²) in [7, 11) is 0. The smallest absolute Gasteiger partial charge is 0.161 e. The van der Waals surface area contributed by atoms with E-state index < -0.39 is 23.5 Å². The van der Waals surface area contributed by atoms with E-state index in [0.29, 0.717) is 19.2 Å². The number of halogens is 3. The monoisotopic (exact) mass is 286 g/mol. The molecule has 2 N–H and O–H groups in total. The first-order chi connectivity index (χ1) is 9.58. The van der Waals surface area contributed by atoms with Gasteiger partial charge < -0.3 is 10.5 Å². The van der Waals surface area contributed by atoms with Crippen LogP contribution < -0.4 is 5.73 Å². The Labute approximate surface area is 115 Å². The first-order valence-corrected chi connectivity index (χ1v) is 6.82. The van der Waals surface area contributed by atoms with Crippen LogP contribution in [0.5, 0.6) is 0 Å². The van der Waals surface area contributed by atoms with Crippen molar-refractivity contribution in [2.24, 2.45) is 5.73 Å². The molecule has 2 aliphatic heterocycles. The highest BCUT2D eigenvalue weighted by Gasteiger charge is 2.37. The van der Waals surface area contributed by atoms with Gasteiger partial charge in [-0.15, -0.1) is 0 Å². The topological polar surface area (TPSA) is 38.5 Å². The number of rotatable bonds is 3. The number of nitrogens with zero attached hydrogens (tertiary/aromatic N) is 1. The van der Waals surface area contributed by atoms with Gasteiger partial charge in [-0.3, -0.25) is 4.90 Å². The largest absolute Gasteiger partial charge is 0.372 e. The van der Waals surface area contributed by atoms with Crippen molar-refractivity contribution in [3.05, 3.63) is 35.1 Å². The van der Waals surface area contributed by atoms with Crippen LogP contribution in [0.3, 0.4) is 0 Å². The average molecular weight is 286 g/mol. The van der Waals surface area contributed by atoms with Crippen LogP contribution in [0.15, 0.2) is 12.1 Å². The van der Waals surface area contributed by atoms with Crippen LogP contribution in [0.4, 0.5) is 13.2 Å². The van der Waals surface area contributed by atoms with Crippen molar-refractivity contribution >= 4 is 0 Å². The first-order valence-electron chi connectivity index (χ1n) is 6.82. The highest BCUT2D eigenvalue weighted by atomic mass is 19.2. The predicted molar refractivity (Wildman–Crippen MR) is 67.6 cm³/mol. The van der Waals surface area contributed by atoms with Crippen molar-refractivity contribution in [2.75, 3.05) is 19.6 Å². The molecule has 6 heteroatoms. The van der Waals surface area contributed by atoms with Crippen molar-refractivity contribution in [1.82, 2.24) is 4.90 Å². The van der Waals surface area contributed by atoms with E-state index in [1.54, 1.807) is 0 Å². The molecule has 3 nitrogen and oxygen atoms in total. The molecule has 110 valence electrons. The lowest BCUT2D eigenvalue weighted by Crippen LogP contribution is -2.46. The summed E-state index contributed by atoms with van der Waals surface area (Å²) < 4.78 is 46.0. The van der Waals surface area contributed by atoms with Crippen LogP contribution in [0, 0.1) is 17.5 Å². The zero-order chi connectivity index (χ0) is 14.3. The van der Waals surface area contributed by atoms with E-state index in [4.69, 9.17) is 10.5 Å². The quantitative estimate of drug-likeness (QED) is 0.863. The highest BCUT2D eigenvalue weighted by molar-refractivity contribution is 5.24. The summed E-state index contributed by atoms with van der Waals surface area (Å²) in [5, 5.41) is 0. The zero-order valence-electron chi connectivity index (χ0n) is 11.0. The molecule has 3 rings (SSSR count). The molecule has 0 spiro atoms. The van der Waals surface area contributed by atoms with Crippen LogP contribution in [0.2, 0.25) is 0 Å². The molecule has 1 aromatic rings. The summed E-state index contributed by atoms with van der Waals surface area (Å²) in [6, 6.07) is 1.05. The Bertz CT molecular complexity index is 499. The Morgan fingerprint density at radius 3 is 2.30 bits per heavy atom. The van der Waals surface area contributed by atoms with Gasteiger partial charge in [-0.05, 0) is 18.9 Å². The molecule has 2 aliphatic rings. The predicted octanol–water partition coefficient (Wildman–Crippen LogP) is 1.97. The molecule has 0 aliphatic carbocycles. The molecule has 0 saturated carbocycles. The van der Waals surface area contributed by atoms with Crippen molar-refractivity contribution in [3.63, 3.8) is 0 Å². The van der Waals surface area contributed by atoms with Gasteiger partial charge >= 0.3 is 0 Å². The van der Waals surface area contributed by atoms with Crippen LogP contribution in [0.25, 0.3) is 0 Å². The van der Waals surface area contributed by atoms with Gasteiger partial charge in [-0.25, -0.2) is 13.2 Å². The lowest BCUT2D eigenvalue weighted by molar-refractivity contribution is -0.0525. The Hall–Kier alpha value is -1.11. The Kier molecular flexibility index (Phi) is 3.70. The number of hydrogen-bond acceptors (Lipinski definition) is 3. The number of likely N-dealkylation sites (tertiary alicyclic amines) is 1. The van der Waals surface area contributed by atoms with E-state index in [0.717, 1.165) is 18.9 Å². The van der Waals surface area contributed by atoms with E-state index in [1.165, 1.54) is 0 Å². The molecule has 2 heterocycles. The standard InChI is InChI=1S/C14H17F3N2O/c15-11-4-13(17)12(16)3-10(11)14(5-18)19-6-8-1-2-9(7-19)20-8/h3-4,8-9,14H,1-2,5-7,18H2. The molecule has 0 aromatic heterocycles. The van der Waals surface area contributed by atoms with Crippen molar-refractivity contribution in [1.29, 1.82) is 0 Å². The summed E-state index contributed by atoms with van der Waals surface area (Å²) in [5.41, 5.74) is 5.86. The lowest BCUT2D eigenvalue weighted by Gasteiger charge is -2.37. The molecular weight excluding hydrogens is 269 g/mol. The fourth-order valence-corrected chi connectivity index (χ4v) is 3.17. The third kappa shape index (κ3) is 2.43. The SMILES string of the molecule is NCC(c1cc(F)c(F)cc1F)N1CC2CCC(C1)O2. The van der Waals surface area contributed by atoms with Gasteiger partial charge in [-0.1, -0.05) is 0 Å². The maximum absolute atomic E-state index is 13.9. The van der Waals surface area contributed by atoms with E-state index in [2.05, 4.69) is 0 Å². The maximum Gasteiger partial charge on any atom is 0.161 e. The van der Waals surface area contributed by atoms with Crippen LogP contribution in [-0.4, -0.2) is 36.7 Å². The molecule has 3 atom stereocenters. The van der Waals surface area contributed by atoms with Gasteiger partial charge in [0.25, 0.3) is 0 Å². The fraction of sp³-hybridized carbons (Fsp3) is 0.571. The summed E-state index contributed by atoms with van der Waals surface area (Å²) in [4.78, 5) is 2.02. The van der Waals surface area contributed by atoms with Gasteiger partial charge in [0.1, 0.15) is 5.82 Å². The lowest BCUT2D eigenvalue weighted by atomic mass is 10.0. The molecule has 2 bridgehead atoms. The number of ether oxygens (including phenoxy) is 1. The molecule has 20 heavy (non-hydrogen) atoms. The molecule has 3 unspecified atom stereocenters. The highest BCUT2D eigenvalue weighted by Crippen LogP contribution is 2.32. The second-order valence-electron chi connectivity index (χ2n) is 5.45. The van der Waals surface area contributed by atoms with Crippen molar-refractivity contribution < 1.29 is 17.9 Å². The van der Waals surface area contributed by atoms with Crippen LogP contribution in [0.1, 0.15) is 24.4 Å². The number of morpholine rings is 1. The Balaban J connectivity index is 1.88. The summed E-state index contributed by atoms with van der Waals surface area (Å²) in [6.07, 6.45) is 2.24. The Morgan fingerprint density at radius 2 is 1.70 bits per heavy atom. The number of hydrogen-bond donors (Lipinski definition) is 1.